The topological polar surface area (TPSA) is 88.5 Å². The molecule has 2 saturated heterocycles. The summed E-state index contributed by atoms with van der Waals surface area (Å²) < 4.78 is 17.5. The number of methoxy groups -OCH3 is 1. The third-order valence-corrected chi connectivity index (χ3v) is 8.92. The highest BCUT2D eigenvalue weighted by atomic mass is 35.5. The summed E-state index contributed by atoms with van der Waals surface area (Å²) in [6.45, 7) is 4.85. The van der Waals surface area contributed by atoms with Crippen molar-refractivity contribution in [2.75, 3.05) is 53.1 Å². The molecular formula is C32H31ClN2O6S2. The second-order valence-electron chi connectivity index (χ2n) is 9.99. The molecule has 0 aromatic heterocycles. The number of hydrogen-bond acceptors (Lipinski definition) is 8. The van der Waals surface area contributed by atoms with Crippen LogP contribution in [0.1, 0.15) is 21.5 Å². The van der Waals surface area contributed by atoms with Crippen molar-refractivity contribution in [1.29, 1.82) is 0 Å². The predicted octanol–water partition coefficient (Wildman–Crippen LogP) is 5.87. The number of amides is 1. The Morgan fingerprint density at radius 2 is 1.74 bits per heavy atom. The molecule has 0 aliphatic carbocycles. The standard InChI is InChI=1S/C32H31ClN2O6S2/c1-39-28-9-7-24(19-26(28)33)23-6-8-27(41-17-14-34-12-15-40-16-13-34)25(18-23)20-29-30(36)35(32(42)43-29)11-10-21-2-4-22(5-3-21)31(37)38/h2-9,18-20H,10-17H2,1H3,(H,37,38)/b29-20-. The maximum absolute atomic E-state index is 13.5. The molecule has 2 fully saturated rings. The first kappa shape index (κ1) is 31.0. The second-order valence-corrected chi connectivity index (χ2v) is 12.1. The number of thiocarbonyl (C=S) groups is 1. The molecule has 0 atom stereocenters. The third kappa shape index (κ3) is 7.76. The Labute approximate surface area is 265 Å². The van der Waals surface area contributed by atoms with E-state index in [1.807, 2.05) is 42.5 Å². The minimum atomic E-state index is -0.975. The summed E-state index contributed by atoms with van der Waals surface area (Å²) in [5.74, 6) is 0.113. The van der Waals surface area contributed by atoms with Crippen molar-refractivity contribution in [2.45, 2.75) is 6.42 Å². The third-order valence-electron chi connectivity index (χ3n) is 7.25. The molecular weight excluding hydrogens is 608 g/mol. The molecule has 0 bridgehead atoms. The summed E-state index contributed by atoms with van der Waals surface area (Å²) in [5, 5.41) is 9.64. The van der Waals surface area contributed by atoms with Gasteiger partial charge in [0.25, 0.3) is 5.91 Å². The van der Waals surface area contributed by atoms with Crippen LogP contribution >= 0.6 is 35.6 Å². The van der Waals surface area contributed by atoms with Crippen molar-refractivity contribution in [3.05, 3.63) is 87.3 Å². The molecule has 5 rings (SSSR count). The van der Waals surface area contributed by atoms with Crippen molar-refractivity contribution in [3.63, 3.8) is 0 Å². The van der Waals surface area contributed by atoms with Crippen LogP contribution in [0.4, 0.5) is 0 Å². The van der Waals surface area contributed by atoms with Crippen LogP contribution in [0, 0.1) is 0 Å². The number of benzene rings is 3. The van der Waals surface area contributed by atoms with Gasteiger partial charge in [0.05, 0.1) is 35.8 Å². The van der Waals surface area contributed by atoms with E-state index >= 15 is 0 Å². The molecule has 3 aromatic rings. The Balaban J connectivity index is 1.36. The minimum absolute atomic E-state index is 0.172. The summed E-state index contributed by atoms with van der Waals surface area (Å²) in [5.41, 5.74) is 3.72. The zero-order valence-electron chi connectivity index (χ0n) is 23.6. The first-order valence-electron chi connectivity index (χ1n) is 13.8. The van der Waals surface area contributed by atoms with E-state index in [2.05, 4.69) is 4.90 Å². The molecule has 2 heterocycles. The van der Waals surface area contributed by atoms with Crippen molar-refractivity contribution in [2.24, 2.45) is 0 Å². The molecule has 0 spiro atoms. The van der Waals surface area contributed by atoms with E-state index in [4.69, 9.17) is 43.1 Å². The highest BCUT2D eigenvalue weighted by molar-refractivity contribution is 8.26. The number of aromatic carboxylic acids is 1. The fourth-order valence-electron chi connectivity index (χ4n) is 4.82. The Kier molecular flexibility index (Phi) is 10.4. The van der Waals surface area contributed by atoms with Crippen LogP contribution in [-0.2, 0) is 16.0 Å². The lowest BCUT2D eigenvalue weighted by Crippen LogP contribution is -2.38. The lowest BCUT2D eigenvalue weighted by atomic mass is 10.0. The summed E-state index contributed by atoms with van der Waals surface area (Å²) in [6.07, 6.45) is 2.38. The number of carboxylic acid groups (broad SMARTS) is 1. The number of morpholine rings is 1. The van der Waals surface area contributed by atoms with Gasteiger partial charge >= 0.3 is 5.97 Å². The van der Waals surface area contributed by atoms with Gasteiger partial charge < -0.3 is 19.3 Å². The zero-order valence-corrected chi connectivity index (χ0v) is 26.0. The van der Waals surface area contributed by atoms with Crippen LogP contribution in [0.2, 0.25) is 5.02 Å². The quantitative estimate of drug-likeness (QED) is 0.205. The average Bonchev–Trinajstić information content (AvgIpc) is 3.28. The first-order valence-corrected chi connectivity index (χ1v) is 15.4. The number of hydrogen-bond donors (Lipinski definition) is 1. The van der Waals surface area contributed by atoms with Gasteiger partial charge in [-0.1, -0.05) is 59.8 Å². The summed E-state index contributed by atoms with van der Waals surface area (Å²) in [4.78, 5) is 29.0. The number of halogens is 1. The fourth-order valence-corrected chi connectivity index (χ4v) is 6.37. The average molecular weight is 639 g/mol. The summed E-state index contributed by atoms with van der Waals surface area (Å²) >= 11 is 13.2. The molecule has 43 heavy (non-hydrogen) atoms. The largest absolute Gasteiger partial charge is 0.495 e. The molecule has 0 radical (unpaired) electrons. The summed E-state index contributed by atoms with van der Waals surface area (Å²) in [7, 11) is 1.58. The Morgan fingerprint density at radius 3 is 2.42 bits per heavy atom. The van der Waals surface area contributed by atoms with Crippen molar-refractivity contribution >= 4 is 57.9 Å². The van der Waals surface area contributed by atoms with Crippen LogP contribution in [0.25, 0.3) is 17.2 Å². The monoisotopic (exact) mass is 638 g/mol. The maximum Gasteiger partial charge on any atom is 0.335 e. The number of ether oxygens (including phenoxy) is 3. The van der Waals surface area contributed by atoms with Crippen LogP contribution in [0.3, 0.4) is 0 Å². The van der Waals surface area contributed by atoms with Gasteiger partial charge in [0.2, 0.25) is 0 Å². The van der Waals surface area contributed by atoms with Gasteiger partial charge in [0, 0.05) is 31.7 Å². The molecule has 0 unspecified atom stereocenters. The van der Waals surface area contributed by atoms with Crippen LogP contribution in [0.15, 0.2) is 65.6 Å². The first-order chi connectivity index (χ1) is 20.8. The SMILES string of the molecule is COc1ccc(-c2ccc(OCCN3CCOCC3)c(/C=C3\SC(=S)N(CCc4ccc(C(=O)O)cc4)C3=O)c2)cc1Cl. The van der Waals surface area contributed by atoms with Crippen molar-refractivity contribution < 1.29 is 28.9 Å². The van der Waals surface area contributed by atoms with Gasteiger partial charge in [-0.15, -0.1) is 0 Å². The van der Waals surface area contributed by atoms with E-state index in [0.29, 0.717) is 45.3 Å². The van der Waals surface area contributed by atoms with E-state index in [9.17, 15) is 9.59 Å². The minimum Gasteiger partial charge on any atom is -0.495 e. The highest BCUT2D eigenvalue weighted by Gasteiger charge is 2.32. The van der Waals surface area contributed by atoms with Crippen LogP contribution < -0.4 is 9.47 Å². The van der Waals surface area contributed by atoms with Gasteiger partial charge in [-0.3, -0.25) is 14.6 Å². The molecule has 2 aliphatic heterocycles. The highest BCUT2D eigenvalue weighted by Crippen LogP contribution is 2.37. The van der Waals surface area contributed by atoms with Gasteiger partial charge in [-0.2, -0.15) is 0 Å². The molecule has 0 saturated carbocycles. The lowest BCUT2D eigenvalue weighted by molar-refractivity contribution is -0.122. The molecule has 1 N–H and O–H groups in total. The van der Waals surface area contributed by atoms with Gasteiger partial charge in [-0.25, -0.2) is 4.79 Å². The fraction of sp³-hybridized carbons (Fsp3) is 0.281. The maximum atomic E-state index is 13.5. The van der Waals surface area contributed by atoms with Crippen LogP contribution in [0.5, 0.6) is 11.5 Å². The number of carboxylic acids is 1. The second kappa shape index (κ2) is 14.4. The van der Waals surface area contributed by atoms with Crippen LogP contribution in [-0.4, -0.2) is 84.2 Å². The van der Waals surface area contributed by atoms with Crippen molar-refractivity contribution in [3.8, 4) is 22.6 Å². The van der Waals surface area contributed by atoms with Crippen molar-refractivity contribution in [1.82, 2.24) is 9.80 Å². The number of carbonyl (C=O) groups is 2. The van der Waals surface area contributed by atoms with Gasteiger partial charge in [0.15, 0.2) is 0 Å². The Bertz CT molecular complexity index is 1540. The molecule has 11 heteroatoms. The lowest BCUT2D eigenvalue weighted by Gasteiger charge is -2.26. The predicted molar refractivity (Wildman–Crippen MR) is 173 cm³/mol. The van der Waals surface area contributed by atoms with Gasteiger partial charge in [-0.05, 0) is 65.6 Å². The number of rotatable bonds is 11. The number of carbonyl (C=O) groups excluding carboxylic acids is 1. The Morgan fingerprint density at radius 1 is 1.05 bits per heavy atom. The normalized spacial score (nSPS) is 16.6. The zero-order chi connectivity index (χ0) is 30.3. The molecule has 2 aliphatic rings. The Hall–Kier alpha value is -3.41. The van der Waals surface area contributed by atoms with E-state index in [0.717, 1.165) is 55.1 Å². The number of nitrogens with zero attached hydrogens (tertiary/aromatic N) is 2. The smallest absolute Gasteiger partial charge is 0.335 e. The summed E-state index contributed by atoms with van der Waals surface area (Å²) in [6, 6.07) is 18.1. The molecule has 3 aromatic carbocycles. The van der Waals surface area contributed by atoms with E-state index in [-0.39, 0.29) is 11.5 Å². The van der Waals surface area contributed by atoms with Gasteiger partial charge in [0.1, 0.15) is 22.4 Å². The van der Waals surface area contributed by atoms with E-state index < -0.39 is 5.97 Å². The molecule has 224 valence electrons. The van der Waals surface area contributed by atoms with E-state index in [1.165, 1.54) is 11.8 Å². The van der Waals surface area contributed by atoms with E-state index in [1.54, 1.807) is 36.3 Å². The number of thioether (sulfide) groups is 1. The molecule has 8 nitrogen and oxygen atoms in total. The molecule has 1 amide bonds.